The lowest BCUT2D eigenvalue weighted by atomic mass is 10.0. The van der Waals surface area contributed by atoms with E-state index in [4.69, 9.17) is 0 Å². The zero-order valence-corrected chi connectivity index (χ0v) is 20.6. The Kier molecular flexibility index (Phi) is 6.01. The number of hydrogen-bond acceptors (Lipinski definition) is 1. The van der Waals surface area contributed by atoms with Gasteiger partial charge in [0.2, 0.25) is 0 Å². The van der Waals surface area contributed by atoms with Crippen molar-refractivity contribution in [3.8, 4) is 11.1 Å². The minimum Gasteiger partial charge on any atom is -0.355 e. The van der Waals surface area contributed by atoms with E-state index in [1.54, 1.807) is 0 Å². The summed E-state index contributed by atoms with van der Waals surface area (Å²) in [6, 6.07) is 43.6. The van der Waals surface area contributed by atoms with Gasteiger partial charge in [-0.3, -0.25) is 0 Å². The molecule has 0 aliphatic rings. The van der Waals surface area contributed by atoms with Gasteiger partial charge in [-0.25, -0.2) is 0 Å². The van der Waals surface area contributed by atoms with Crippen molar-refractivity contribution in [2.75, 3.05) is 4.90 Å². The number of nitrogens with one attached hydrogen (secondary N) is 1. The van der Waals surface area contributed by atoms with Crippen molar-refractivity contribution < 1.29 is 0 Å². The molecule has 0 saturated carbocycles. The molecule has 1 heterocycles. The Morgan fingerprint density at radius 2 is 1.11 bits per heavy atom. The number of benzene rings is 5. The van der Waals surface area contributed by atoms with Crippen LogP contribution in [0.15, 0.2) is 121 Å². The van der Waals surface area contributed by atoms with Crippen LogP contribution in [0.3, 0.4) is 0 Å². The van der Waals surface area contributed by atoms with Crippen LogP contribution in [-0.2, 0) is 6.42 Å². The van der Waals surface area contributed by atoms with Gasteiger partial charge in [0.05, 0.1) is 0 Å². The first-order chi connectivity index (χ1) is 17.8. The summed E-state index contributed by atoms with van der Waals surface area (Å²) >= 11 is 0. The number of hydrogen-bond donors (Lipinski definition) is 1. The molecule has 0 atom stereocenters. The smallest absolute Gasteiger partial charge is 0.0465 e. The van der Waals surface area contributed by atoms with Gasteiger partial charge in [-0.15, -0.1) is 0 Å². The molecule has 0 fully saturated rings. The molecule has 0 unspecified atom stereocenters. The summed E-state index contributed by atoms with van der Waals surface area (Å²) in [6.07, 6.45) is 3.59. The molecule has 2 nitrogen and oxygen atoms in total. The Morgan fingerprint density at radius 3 is 1.75 bits per heavy atom. The first kappa shape index (κ1) is 22.2. The maximum Gasteiger partial charge on any atom is 0.0465 e. The maximum atomic E-state index is 3.59. The van der Waals surface area contributed by atoms with Crippen LogP contribution in [-0.4, -0.2) is 4.98 Å². The topological polar surface area (TPSA) is 19.0 Å². The Morgan fingerprint density at radius 1 is 0.556 bits per heavy atom. The van der Waals surface area contributed by atoms with Gasteiger partial charge < -0.3 is 9.88 Å². The lowest BCUT2D eigenvalue weighted by molar-refractivity contribution is 0.796. The number of aromatic nitrogens is 1. The lowest BCUT2D eigenvalue weighted by Gasteiger charge is -2.25. The van der Waals surface area contributed by atoms with Gasteiger partial charge in [0.15, 0.2) is 0 Å². The van der Waals surface area contributed by atoms with E-state index in [2.05, 4.69) is 138 Å². The van der Waals surface area contributed by atoms with Crippen molar-refractivity contribution in [3.63, 3.8) is 0 Å². The fraction of sp³-hybridized carbons (Fsp3) is 0.118. The molecule has 6 aromatic rings. The maximum absolute atomic E-state index is 3.59. The van der Waals surface area contributed by atoms with Gasteiger partial charge in [0.25, 0.3) is 0 Å². The van der Waals surface area contributed by atoms with Gasteiger partial charge in [-0.2, -0.15) is 0 Å². The second-order valence-electron chi connectivity index (χ2n) is 9.42. The molecule has 6 rings (SSSR count). The van der Waals surface area contributed by atoms with E-state index in [9.17, 15) is 0 Å². The van der Waals surface area contributed by atoms with E-state index >= 15 is 0 Å². The van der Waals surface area contributed by atoms with Crippen molar-refractivity contribution in [2.24, 2.45) is 0 Å². The second-order valence-corrected chi connectivity index (χ2v) is 9.42. The summed E-state index contributed by atoms with van der Waals surface area (Å²) in [5, 5.41) is 2.61. The predicted molar refractivity (Wildman–Crippen MR) is 155 cm³/mol. The van der Waals surface area contributed by atoms with E-state index in [-0.39, 0.29) is 0 Å². The molecule has 0 bridgehead atoms. The highest BCUT2D eigenvalue weighted by Crippen LogP contribution is 2.36. The van der Waals surface area contributed by atoms with Crippen molar-refractivity contribution >= 4 is 38.9 Å². The third-order valence-corrected chi connectivity index (χ3v) is 6.97. The Hall–Kier alpha value is -4.30. The number of rotatable bonds is 7. The molecule has 176 valence electrons. The van der Waals surface area contributed by atoms with E-state index in [0.717, 1.165) is 23.5 Å². The van der Waals surface area contributed by atoms with E-state index in [1.807, 2.05) is 0 Å². The van der Waals surface area contributed by atoms with Gasteiger partial charge in [0, 0.05) is 38.9 Å². The summed E-state index contributed by atoms with van der Waals surface area (Å²) < 4.78 is 0. The summed E-state index contributed by atoms with van der Waals surface area (Å²) in [7, 11) is 0. The molecule has 2 heteroatoms. The summed E-state index contributed by atoms with van der Waals surface area (Å²) in [5.74, 6) is 0. The molecule has 0 saturated heterocycles. The quantitative estimate of drug-likeness (QED) is 0.248. The summed E-state index contributed by atoms with van der Waals surface area (Å²) in [4.78, 5) is 5.89. The van der Waals surface area contributed by atoms with Crippen LogP contribution in [0.2, 0.25) is 0 Å². The third kappa shape index (κ3) is 4.27. The van der Waals surface area contributed by atoms with E-state index in [0.29, 0.717) is 0 Å². The zero-order chi connectivity index (χ0) is 24.3. The van der Waals surface area contributed by atoms with Crippen LogP contribution in [0.25, 0.3) is 32.9 Å². The van der Waals surface area contributed by atoms with Crippen molar-refractivity contribution in [2.45, 2.75) is 26.2 Å². The molecule has 36 heavy (non-hydrogen) atoms. The van der Waals surface area contributed by atoms with Crippen LogP contribution in [0.5, 0.6) is 0 Å². The molecule has 1 N–H and O–H groups in total. The highest BCUT2D eigenvalue weighted by Gasteiger charge is 2.12. The fourth-order valence-electron chi connectivity index (χ4n) is 5.06. The van der Waals surface area contributed by atoms with Gasteiger partial charge >= 0.3 is 0 Å². The Labute approximate surface area is 212 Å². The van der Waals surface area contributed by atoms with Crippen molar-refractivity contribution in [3.05, 3.63) is 127 Å². The summed E-state index contributed by atoms with van der Waals surface area (Å²) in [6.45, 7) is 2.25. The van der Waals surface area contributed by atoms with Crippen LogP contribution >= 0.6 is 0 Å². The SMILES string of the molecule is CCCCc1ccc2[nH]c3ccc(-c4ccc(N(c5ccccc5)c5ccccc5)cc4)cc3c2c1. The molecule has 5 aromatic carbocycles. The number of aryl methyl sites for hydroxylation is 1. The van der Waals surface area contributed by atoms with Crippen molar-refractivity contribution in [1.29, 1.82) is 0 Å². The molecular weight excluding hydrogens is 436 g/mol. The van der Waals surface area contributed by atoms with Gasteiger partial charge in [0.1, 0.15) is 0 Å². The van der Waals surface area contributed by atoms with Crippen LogP contribution in [0, 0.1) is 0 Å². The minimum absolute atomic E-state index is 1.14. The van der Waals surface area contributed by atoms with Gasteiger partial charge in [-0.1, -0.05) is 74.0 Å². The number of para-hydroxylation sites is 2. The molecule has 0 aliphatic carbocycles. The highest BCUT2D eigenvalue weighted by molar-refractivity contribution is 6.08. The molecule has 1 aromatic heterocycles. The van der Waals surface area contributed by atoms with Crippen LogP contribution in [0.1, 0.15) is 25.3 Å². The monoisotopic (exact) mass is 466 g/mol. The Balaban J connectivity index is 1.37. The molecule has 0 aliphatic heterocycles. The lowest BCUT2D eigenvalue weighted by Crippen LogP contribution is -2.09. The average molecular weight is 467 g/mol. The Bertz CT molecular complexity index is 1560. The number of aromatic amines is 1. The number of nitrogens with zero attached hydrogens (tertiary/aromatic N) is 1. The van der Waals surface area contributed by atoms with E-state index < -0.39 is 0 Å². The number of H-pyrrole nitrogens is 1. The largest absolute Gasteiger partial charge is 0.355 e. The third-order valence-electron chi connectivity index (χ3n) is 6.97. The fourth-order valence-corrected chi connectivity index (χ4v) is 5.06. The molecule has 0 spiro atoms. The first-order valence-electron chi connectivity index (χ1n) is 12.9. The van der Waals surface area contributed by atoms with Crippen LogP contribution < -0.4 is 4.90 Å². The van der Waals surface area contributed by atoms with E-state index in [1.165, 1.54) is 51.3 Å². The zero-order valence-electron chi connectivity index (χ0n) is 20.6. The number of unbranched alkanes of at least 4 members (excludes halogenated alkanes) is 1. The highest BCUT2D eigenvalue weighted by atomic mass is 15.1. The van der Waals surface area contributed by atoms with Crippen molar-refractivity contribution in [1.82, 2.24) is 4.98 Å². The summed E-state index contributed by atoms with van der Waals surface area (Å²) in [5.41, 5.74) is 9.72. The molecule has 0 amide bonds. The average Bonchev–Trinajstić information content (AvgIpc) is 3.31. The minimum atomic E-state index is 1.14. The van der Waals surface area contributed by atoms with Gasteiger partial charge in [-0.05, 0) is 90.2 Å². The molecule has 0 radical (unpaired) electrons. The number of anilines is 3. The normalized spacial score (nSPS) is 11.2. The predicted octanol–water partition coefficient (Wildman–Crippen LogP) is 9.80. The second kappa shape index (κ2) is 9.75. The standard InChI is InChI=1S/C34H30N2/c1-2-3-10-25-15-21-33-31(23-25)32-24-27(18-22-34(32)35-33)26-16-19-30(20-17-26)36(28-11-6-4-7-12-28)29-13-8-5-9-14-29/h4-9,11-24,35H,2-3,10H2,1H3. The van der Waals surface area contributed by atoms with Crippen LogP contribution in [0.4, 0.5) is 17.1 Å². The first-order valence-corrected chi connectivity index (χ1v) is 12.9. The molecular formula is C34H30N2. The number of fused-ring (bicyclic) bond motifs is 3.